The number of isocyanates is 1. The summed E-state index contributed by atoms with van der Waals surface area (Å²) in [5.74, 6) is 0. The summed E-state index contributed by atoms with van der Waals surface area (Å²) < 4.78 is 15.0. The zero-order valence-electron chi connectivity index (χ0n) is 25.4. The molecule has 0 aliphatic heterocycles. The molecule has 0 aromatic rings. The van der Waals surface area contributed by atoms with Crippen LogP contribution in [0.4, 0.5) is 0 Å². The van der Waals surface area contributed by atoms with Crippen molar-refractivity contribution in [2.75, 3.05) is 13.2 Å². The van der Waals surface area contributed by atoms with Crippen molar-refractivity contribution >= 4 is 13.9 Å². The number of phosphoric ester groups is 1. The van der Waals surface area contributed by atoms with Gasteiger partial charge in [0.2, 0.25) is 6.08 Å². The zero-order valence-corrected chi connectivity index (χ0v) is 26.3. The number of carbonyl (C=O) groups excluding carboxylic acids is 1. The molecular formula is C32H64NO5P. The van der Waals surface area contributed by atoms with Crippen molar-refractivity contribution in [3.05, 3.63) is 0 Å². The topological polar surface area (TPSA) is 96.2 Å². The van der Waals surface area contributed by atoms with Crippen LogP contribution in [0.1, 0.15) is 186 Å². The number of nitrogens with zero attached hydrogens (tertiary/aromatic N) is 1. The van der Waals surface area contributed by atoms with Crippen LogP contribution in [0.15, 0.2) is 4.99 Å². The standard InChI is InChI=1S/C32H64NO5P/c34-32-33-30-28-26-24-22-20-18-16-14-12-10-8-6-4-2-1-3-5-7-9-11-13-15-17-19-21-23-25-27-29-31-38-39(35,36)37/h1-31H2,(H2,35,36,37). The summed E-state index contributed by atoms with van der Waals surface area (Å²) in [7, 11) is -4.28. The lowest BCUT2D eigenvalue weighted by Crippen LogP contribution is -1.92. The maximum absolute atomic E-state index is 10.6. The lowest BCUT2D eigenvalue weighted by Gasteiger charge is -2.05. The Morgan fingerprint density at radius 2 is 0.667 bits per heavy atom. The van der Waals surface area contributed by atoms with Crippen molar-refractivity contribution in [2.45, 2.75) is 186 Å². The molecule has 0 spiro atoms. The molecule has 0 amide bonds. The molecule has 0 atom stereocenters. The third kappa shape index (κ3) is 37.5. The van der Waals surface area contributed by atoms with Gasteiger partial charge in [0.1, 0.15) is 0 Å². The Hall–Kier alpha value is -0.510. The molecule has 0 aromatic heterocycles. The molecule has 0 radical (unpaired) electrons. The van der Waals surface area contributed by atoms with Crippen LogP contribution in [0, 0.1) is 0 Å². The minimum absolute atomic E-state index is 0.164. The van der Waals surface area contributed by atoms with Gasteiger partial charge in [0.15, 0.2) is 0 Å². The van der Waals surface area contributed by atoms with Crippen LogP contribution in [0.2, 0.25) is 0 Å². The third-order valence-electron chi connectivity index (χ3n) is 7.74. The van der Waals surface area contributed by atoms with E-state index in [0.717, 1.165) is 25.7 Å². The minimum atomic E-state index is -4.28. The SMILES string of the molecule is O=C=NCCCCCCCCCCCCCCCCCCCCCCCCCCCCCCCOP(=O)(O)O. The summed E-state index contributed by atoms with van der Waals surface area (Å²) in [6.45, 7) is 0.820. The van der Waals surface area contributed by atoms with Gasteiger partial charge in [-0.05, 0) is 12.8 Å². The molecule has 0 saturated heterocycles. The summed E-state index contributed by atoms with van der Waals surface area (Å²) in [6, 6.07) is 0. The first-order valence-corrected chi connectivity index (χ1v) is 18.3. The second-order valence-corrected chi connectivity index (χ2v) is 12.8. The van der Waals surface area contributed by atoms with Crippen LogP contribution in [-0.2, 0) is 13.9 Å². The number of aliphatic imine (C=N–C) groups is 1. The Morgan fingerprint density at radius 3 is 0.897 bits per heavy atom. The normalized spacial score (nSPS) is 11.6. The van der Waals surface area contributed by atoms with Gasteiger partial charge in [0.25, 0.3) is 0 Å². The highest BCUT2D eigenvalue weighted by Crippen LogP contribution is 2.35. The fourth-order valence-electron chi connectivity index (χ4n) is 5.30. The highest BCUT2D eigenvalue weighted by atomic mass is 31.2. The van der Waals surface area contributed by atoms with Crippen LogP contribution < -0.4 is 0 Å². The summed E-state index contributed by atoms with van der Waals surface area (Å²) in [5.41, 5.74) is 0. The first-order chi connectivity index (χ1) is 19.1. The Kier molecular flexibility index (Phi) is 31.6. The van der Waals surface area contributed by atoms with E-state index >= 15 is 0 Å². The largest absolute Gasteiger partial charge is 0.469 e. The number of phosphoric acid groups is 1. The van der Waals surface area contributed by atoms with Crippen molar-refractivity contribution in [1.29, 1.82) is 0 Å². The van der Waals surface area contributed by atoms with Crippen molar-refractivity contribution in [1.82, 2.24) is 0 Å². The molecule has 0 heterocycles. The van der Waals surface area contributed by atoms with E-state index in [1.807, 2.05) is 0 Å². The van der Waals surface area contributed by atoms with E-state index < -0.39 is 7.82 Å². The van der Waals surface area contributed by atoms with Crippen LogP contribution in [0.25, 0.3) is 0 Å². The van der Waals surface area contributed by atoms with E-state index in [9.17, 15) is 9.36 Å². The molecule has 0 bridgehead atoms. The van der Waals surface area contributed by atoms with Crippen molar-refractivity contribution in [2.24, 2.45) is 4.99 Å². The van der Waals surface area contributed by atoms with E-state index in [1.165, 1.54) is 161 Å². The first kappa shape index (κ1) is 38.5. The molecule has 39 heavy (non-hydrogen) atoms. The van der Waals surface area contributed by atoms with Gasteiger partial charge in [-0.1, -0.05) is 173 Å². The molecule has 6 nitrogen and oxygen atoms in total. The third-order valence-corrected chi connectivity index (χ3v) is 8.26. The number of hydrogen-bond acceptors (Lipinski definition) is 4. The second-order valence-electron chi connectivity index (χ2n) is 11.5. The predicted molar refractivity (Wildman–Crippen MR) is 165 cm³/mol. The fraction of sp³-hybridized carbons (Fsp3) is 0.969. The molecule has 0 aromatic carbocycles. The summed E-state index contributed by atoms with van der Waals surface area (Å²) >= 11 is 0. The average molecular weight is 574 g/mol. The van der Waals surface area contributed by atoms with Gasteiger partial charge in [-0.15, -0.1) is 0 Å². The molecule has 0 fully saturated rings. The molecule has 2 N–H and O–H groups in total. The average Bonchev–Trinajstić information content (AvgIpc) is 2.90. The van der Waals surface area contributed by atoms with E-state index in [1.54, 1.807) is 6.08 Å². The smallest absolute Gasteiger partial charge is 0.303 e. The summed E-state index contributed by atoms with van der Waals surface area (Å²) in [4.78, 5) is 30.8. The highest BCUT2D eigenvalue weighted by Gasteiger charge is 2.12. The monoisotopic (exact) mass is 573 g/mol. The number of hydrogen-bond donors (Lipinski definition) is 2. The van der Waals surface area contributed by atoms with Gasteiger partial charge in [-0.25, -0.2) is 14.4 Å². The van der Waals surface area contributed by atoms with Gasteiger partial charge < -0.3 is 9.79 Å². The van der Waals surface area contributed by atoms with Crippen LogP contribution in [-0.4, -0.2) is 29.0 Å². The highest BCUT2D eigenvalue weighted by molar-refractivity contribution is 7.46. The molecule has 0 saturated carbocycles. The van der Waals surface area contributed by atoms with E-state index in [2.05, 4.69) is 9.52 Å². The number of rotatable bonds is 33. The maximum Gasteiger partial charge on any atom is 0.469 e. The van der Waals surface area contributed by atoms with Gasteiger partial charge in [-0.3, -0.25) is 4.52 Å². The molecule has 0 aliphatic carbocycles. The minimum Gasteiger partial charge on any atom is -0.303 e. The lowest BCUT2D eigenvalue weighted by atomic mass is 10.0. The molecule has 0 aliphatic rings. The Bertz CT molecular complexity index is 577. The maximum atomic E-state index is 10.6. The van der Waals surface area contributed by atoms with Crippen LogP contribution in [0.5, 0.6) is 0 Å². The van der Waals surface area contributed by atoms with Gasteiger partial charge in [0, 0.05) is 0 Å². The lowest BCUT2D eigenvalue weighted by molar-refractivity contribution is 0.193. The first-order valence-electron chi connectivity index (χ1n) is 16.8. The van der Waals surface area contributed by atoms with Crippen LogP contribution >= 0.6 is 7.82 Å². The zero-order chi connectivity index (χ0) is 28.5. The van der Waals surface area contributed by atoms with Gasteiger partial charge >= 0.3 is 7.82 Å². The quantitative estimate of drug-likeness (QED) is 0.0352. The summed E-state index contributed by atoms with van der Waals surface area (Å²) in [5, 5.41) is 0. The Morgan fingerprint density at radius 1 is 0.436 bits per heavy atom. The summed E-state index contributed by atoms with van der Waals surface area (Å²) in [6.07, 6.45) is 39.9. The van der Waals surface area contributed by atoms with Crippen LogP contribution in [0.3, 0.4) is 0 Å². The van der Waals surface area contributed by atoms with Crippen molar-refractivity contribution < 1.29 is 23.7 Å². The Labute approximate surface area is 241 Å². The molecule has 232 valence electrons. The number of unbranched alkanes of at least 4 members (excludes halogenated alkanes) is 28. The second kappa shape index (κ2) is 32.0. The van der Waals surface area contributed by atoms with Gasteiger partial charge in [0.05, 0.1) is 13.2 Å². The van der Waals surface area contributed by atoms with E-state index in [0.29, 0.717) is 6.54 Å². The molecule has 0 rings (SSSR count). The van der Waals surface area contributed by atoms with E-state index in [-0.39, 0.29) is 6.61 Å². The fourth-order valence-corrected chi connectivity index (χ4v) is 5.66. The van der Waals surface area contributed by atoms with Gasteiger partial charge in [-0.2, -0.15) is 0 Å². The molecule has 0 unspecified atom stereocenters. The molecule has 7 heteroatoms. The predicted octanol–water partition coefficient (Wildman–Crippen LogP) is 10.7. The van der Waals surface area contributed by atoms with Crippen molar-refractivity contribution in [3.63, 3.8) is 0 Å². The Balaban J connectivity index is 3.06. The molecular weight excluding hydrogens is 509 g/mol. The van der Waals surface area contributed by atoms with Crippen molar-refractivity contribution in [3.8, 4) is 0 Å². The van der Waals surface area contributed by atoms with E-state index in [4.69, 9.17) is 9.79 Å².